The molecule has 2 N–H and O–H groups in total. The smallest absolute Gasteiger partial charge is 0.316 e. The Balaban J connectivity index is 2.19. The molecule has 0 saturated carbocycles. The quantitative estimate of drug-likeness (QED) is 0.878. The molecular formula is C15H21F3N2O2S. The second-order valence-electron chi connectivity index (χ2n) is 5.99. The highest BCUT2D eigenvalue weighted by Crippen LogP contribution is 2.31. The van der Waals surface area contributed by atoms with Gasteiger partial charge in [-0.15, -0.1) is 0 Å². The number of hydrogen-bond donors (Lipinski definition) is 2. The fourth-order valence-electron chi connectivity index (χ4n) is 2.84. The van der Waals surface area contributed by atoms with Gasteiger partial charge in [-0.25, -0.2) is 13.1 Å². The van der Waals surface area contributed by atoms with Crippen LogP contribution < -0.4 is 10.0 Å². The predicted molar refractivity (Wildman–Crippen MR) is 81.6 cm³/mol. The molecule has 1 fully saturated rings. The molecule has 0 spiro atoms. The maximum Gasteiger partial charge on any atom is 0.416 e. The first kappa shape index (κ1) is 18.2. The summed E-state index contributed by atoms with van der Waals surface area (Å²) in [4.78, 5) is -0.110. The van der Waals surface area contributed by atoms with E-state index < -0.39 is 21.8 Å². The fraction of sp³-hybridized carbons (Fsp3) is 0.600. The van der Waals surface area contributed by atoms with Crippen LogP contribution in [0.2, 0.25) is 0 Å². The number of nitrogens with one attached hydrogen (secondary N) is 2. The number of alkyl halides is 3. The molecule has 2 unspecified atom stereocenters. The van der Waals surface area contributed by atoms with Crippen molar-refractivity contribution in [1.29, 1.82) is 0 Å². The Bertz CT molecular complexity index is 653. The number of halogens is 3. The predicted octanol–water partition coefficient (Wildman–Crippen LogP) is 2.68. The van der Waals surface area contributed by atoms with E-state index in [4.69, 9.17) is 0 Å². The summed E-state index contributed by atoms with van der Waals surface area (Å²) in [7, 11) is -3.85. The zero-order chi connectivity index (χ0) is 17.3. The molecule has 1 aliphatic rings. The summed E-state index contributed by atoms with van der Waals surface area (Å²) >= 11 is 0. The number of sulfonamides is 1. The normalized spacial score (nSPS) is 21.2. The van der Waals surface area contributed by atoms with Crippen LogP contribution in [0.1, 0.15) is 30.9 Å². The van der Waals surface area contributed by atoms with E-state index in [1.165, 1.54) is 6.92 Å². The largest absolute Gasteiger partial charge is 0.416 e. The van der Waals surface area contributed by atoms with Crippen LogP contribution in [0.3, 0.4) is 0 Å². The molecule has 0 bridgehead atoms. The number of benzene rings is 1. The molecule has 0 radical (unpaired) electrons. The van der Waals surface area contributed by atoms with E-state index in [0.717, 1.165) is 44.1 Å². The van der Waals surface area contributed by atoms with Gasteiger partial charge in [0, 0.05) is 6.04 Å². The summed E-state index contributed by atoms with van der Waals surface area (Å²) in [5.74, 6) is 0.174. The summed E-state index contributed by atoms with van der Waals surface area (Å²) in [6.07, 6.45) is -2.58. The highest BCUT2D eigenvalue weighted by atomic mass is 32.2. The lowest BCUT2D eigenvalue weighted by molar-refractivity contribution is -0.137. The van der Waals surface area contributed by atoms with Gasteiger partial charge in [-0.05, 0) is 69.5 Å². The third-order valence-electron chi connectivity index (χ3n) is 4.17. The number of piperidine rings is 1. The molecule has 1 aromatic carbocycles. The van der Waals surface area contributed by atoms with E-state index in [1.807, 2.05) is 0 Å². The molecule has 2 rings (SSSR count). The third kappa shape index (κ3) is 4.45. The van der Waals surface area contributed by atoms with Crippen LogP contribution >= 0.6 is 0 Å². The minimum absolute atomic E-state index is 0.0845. The summed E-state index contributed by atoms with van der Waals surface area (Å²) in [6, 6.07) is 2.40. The Morgan fingerprint density at radius 3 is 2.57 bits per heavy atom. The number of hydrogen-bond acceptors (Lipinski definition) is 3. The highest BCUT2D eigenvalue weighted by Gasteiger charge is 2.32. The van der Waals surface area contributed by atoms with Crippen LogP contribution in [0.15, 0.2) is 23.1 Å². The molecule has 8 heteroatoms. The first-order valence-electron chi connectivity index (χ1n) is 7.52. The molecule has 1 heterocycles. The van der Waals surface area contributed by atoms with Gasteiger partial charge in [-0.3, -0.25) is 0 Å². The van der Waals surface area contributed by atoms with Crippen LogP contribution in [-0.2, 0) is 16.2 Å². The van der Waals surface area contributed by atoms with Gasteiger partial charge >= 0.3 is 6.18 Å². The molecule has 1 saturated heterocycles. The first-order valence-corrected chi connectivity index (χ1v) is 9.00. The molecule has 4 nitrogen and oxygen atoms in total. The summed E-state index contributed by atoms with van der Waals surface area (Å²) in [5.41, 5.74) is -0.764. The average molecular weight is 350 g/mol. The minimum atomic E-state index is -4.48. The van der Waals surface area contributed by atoms with Gasteiger partial charge in [0.15, 0.2) is 0 Å². The molecule has 1 aromatic rings. The Morgan fingerprint density at radius 1 is 1.35 bits per heavy atom. The molecule has 1 aliphatic heterocycles. The monoisotopic (exact) mass is 350 g/mol. The second-order valence-corrected chi connectivity index (χ2v) is 7.68. The lowest BCUT2D eigenvalue weighted by atomic mass is 9.94. The van der Waals surface area contributed by atoms with Crippen LogP contribution in [0.4, 0.5) is 13.2 Å². The molecular weight excluding hydrogens is 329 g/mol. The van der Waals surface area contributed by atoms with E-state index in [2.05, 4.69) is 10.0 Å². The van der Waals surface area contributed by atoms with Crippen molar-refractivity contribution in [2.45, 2.75) is 43.8 Å². The van der Waals surface area contributed by atoms with Crippen LogP contribution in [0.25, 0.3) is 0 Å². The number of rotatable bonds is 4. The van der Waals surface area contributed by atoms with E-state index in [0.29, 0.717) is 0 Å². The van der Waals surface area contributed by atoms with Crippen molar-refractivity contribution in [2.24, 2.45) is 5.92 Å². The van der Waals surface area contributed by atoms with Gasteiger partial charge in [0.05, 0.1) is 10.5 Å². The lowest BCUT2D eigenvalue weighted by Crippen LogP contribution is -2.44. The Hall–Kier alpha value is -1.12. The van der Waals surface area contributed by atoms with Gasteiger partial charge in [0.1, 0.15) is 0 Å². The molecule has 130 valence electrons. The van der Waals surface area contributed by atoms with Crippen LogP contribution in [0.5, 0.6) is 0 Å². The fourth-order valence-corrected chi connectivity index (χ4v) is 4.38. The van der Waals surface area contributed by atoms with Crippen molar-refractivity contribution in [2.75, 3.05) is 13.1 Å². The van der Waals surface area contributed by atoms with Gasteiger partial charge in [-0.1, -0.05) is 0 Å². The Morgan fingerprint density at radius 2 is 2.04 bits per heavy atom. The lowest BCUT2D eigenvalue weighted by Gasteiger charge is -2.29. The van der Waals surface area contributed by atoms with Crippen molar-refractivity contribution in [3.8, 4) is 0 Å². The molecule has 2 atom stereocenters. The van der Waals surface area contributed by atoms with Crippen molar-refractivity contribution in [1.82, 2.24) is 10.0 Å². The standard InChI is InChI=1S/C15H21F3N2O2S/c1-10-8-13(15(16,17)18)5-6-14(10)23(21,22)20-11(2)12-4-3-7-19-9-12/h5-6,8,11-12,19-20H,3-4,7,9H2,1-2H3. The topological polar surface area (TPSA) is 58.2 Å². The minimum Gasteiger partial charge on any atom is -0.316 e. The van der Waals surface area contributed by atoms with E-state index in [1.54, 1.807) is 6.92 Å². The SMILES string of the molecule is Cc1cc(C(F)(F)F)ccc1S(=O)(=O)NC(C)C1CCCNC1. The first-order chi connectivity index (χ1) is 10.6. The third-order valence-corrected chi connectivity index (χ3v) is 5.89. The van der Waals surface area contributed by atoms with Crippen molar-refractivity contribution >= 4 is 10.0 Å². The molecule has 0 aliphatic carbocycles. The highest BCUT2D eigenvalue weighted by molar-refractivity contribution is 7.89. The van der Waals surface area contributed by atoms with Crippen molar-refractivity contribution < 1.29 is 21.6 Å². The van der Waals surface area contributed by atoms with Gasteiger partial charge in [0.25, 0.3) is 0 Å². The van der Waals surface area contributed by atoms with E-state index >= 15 is 0 Å². The van der Waals surface area contributed by atoms with Gasteiger partial charge < -0.3 is 5.32 Å². The zero-order valence-electron chi connectivity index (χ0n) is 13.1. The second kappa shape index (κ2) is 6.78. The van der Waals surface area contributed by atoms with Crippen molar-refractivity contribution in [3.05, 3.63) is 29.3 Å². The van der Waals surface area contributed by atoms with Crippen LogP contribution in [0, 0.1) is 12.8 Å². The molecule has 0 amide bonds. The van der Waals surface area contributed by atoms with Gasteiger partial charge in [0.2, 0.25) is 10.0 Å². The zero-order valence-corrected chi connectivity index (χ0v) is 13.9. The van der Waals surface area contributed by atoms with Crippen LogP contribution in [-0.4, -0.2) is 27.5 Å². The number of aryl methyl sites for hydroxylation is 1. The Kier molecular flexibility index (Phi) is 5.37. The van der Waals surface area contributed by atoms with Crippen molar-refractivity contribution in [3.63, 3.8) is 0 Å². The van der Waals surface area contributed by atoms with E-state index in [9.17, 15) is 21.6 Å². The summed E-state index contributed by atoms with van der Waals surface area (Å²) in [5, 5.41) is 3.22. The molecule has 0 aromatic heterocycles. The van der Waals surface area contributed by atoms with Gasteiger partial charge in [-0.2, -0.15) is 13.2 Å². The molecule has 23 heavy (non-hydrogen) atoms. The van der Waals surface area contributed by atoms with E-state index in [-0.39, 0.29) is 22.4 Å². The average Bonchev–Trinajstić information content (AvgIpc) is 2.46. The Labute approximate surface area is 134 Å². The maximum atomic E-state index is 12.7. The summed E-state index contributed by atoms with van der Waals surface area (Å²) in [6.45, 7) is 4.81. The maximum absolute atomic E-state index is 12.7. The summed E-state index contributed by atoms with van der Waals surface area (Å²) < 4.78 is 65.5.